The van der Waals surface area contributed by atoms with Crippen LogP contribution in [0.3, 0.4) is 0 Å². The van der Waals surface area contributed by atoms with E-state index in [1.165, 1.54) is 0 Å². The third-order valence-corrected chi connectivity index (χ3v) is 4.48. The Morgan fingerprint density at radius 3 is 2.73 bits per heavy atom. The van der Waals surface area contributed by atoms with E-state index in [1.54, 1.807) is 0 Å². The molecule has 0 saturated heterocycles. The monoisotopic (exact) mass is 307 g/mol. The Bertz CT molecular complexity index is 887. The van der Waals surface area contributed by atoms with Crippen molar-refractivity contribution in [3.63, 3.8) is 0 Å². The van der Waals surface area contributed by atoms with E-state index in [2.05, 4.69) is 29.6 Å². The van der Waals surface area contributed by atoms with Crippen molar-refractivity contribution in [1.29, 1.82) is 0 Å². The van der Waals surface area contributed by atoms with Gasteiger partial charge in [-0.25, -0.2) is 0 Å². The molecule has 0 aliphatic carbocycles. The van der Waals surface area contributed by atoms with Gasteiger partial charge in [0, 0.05) is 22.7 Å². The Hall–Kier alpha value is -2.32. The van der Waals surface area contributed by atoms with Gasteiger partial charge in [0.2, 0.25) is 5.91 Å². The minimum absolute atomic E-state index is 0.0482. The second kappa shape index (κ2) is 5.15. The Kier molecular flexibility index (Phi) is 3.12. The van der Waals surface area contributed by atoms with Gasteiger partial charge in [0.25, 0.3) is 0 Å². The van der Waals surface area contributed by atoms with Gasteiger partial charge >= 0.3 is 0 Å². The van der Waals surface area contributed by atoms with Crippen LogP contribution in [-0.4, -0.2) is 5.91 Å². The van der Waals surface area contributed by atoms with Gasteiger partial charge in [-0.05, 0) is 28.6 Å². The molecule has 1 atom stereocenters. The van der Waals surface area contributed by atoms with Crippen LogP contribution in [0.1, 0.15) is 23.5 Å². The maximum Gasteiger partial charge on any atom is 0.225 e. The van der Waals surface area contributed by atoms with E-state index in [4.69, 9.17) is 11.6 Å². The number of carbonyl (C=O) groups is 1. The van der Waals surface area contributed by atoms with Crippen molar-refractivity contribution >= 4 is 34.0 Å². The lowest BCUT2D eigenvalue weighted by Gasteiger charge is -2.27. The summed E-state index contributed by atoms with van der Waals surface area (Å²) in [7, 11) is 0. The molecule has 0 fully saturated rings. The van der Waals surface area contributed by atoms with Crippen LogP contribution in [0.5, 0.6) is 0 Å². The van der Waals surface area contributed by atoms with Gasteiger partial charge in [-0.3, -0.25) is 4.79 Å². The van der Waals surface area contributed by atoms with Crippen molar-refractivity contribution in [3.05, 3.63) is 76.8 Å². The molecule has 108 valence electrons. The Balaban J connectivity index is 1.94. The quantitative estimate of drug-likeness (QED) is 0.676. The van der Waals surface area contributed by atoms with Crippen molar-refractivity contribution in [2.75, 3.05) is 5.32 Å². The minimum atomic E-state index is 0.0482. The van der Waals surface area contributed by atoms with E-state index in [1.807, 2.05) is 36.4 Å². The summed E-state index contributed by atoms with van der Waals surface area (Å²) in [5.74, 6) is 0.0980. The zero-order valence-electron chi connectivity index (χ0n) is 11.8. The van der Waals surface area contributed by atoms with E-state index in [0.29, 0.717) is 11.4 Å². The lowest BCUT2D eigenvalue weighted by Crippen LogP contribution is -2.23. The van der Waals surface area contributed by atoms with Crippen LogP contribution < -0.4 is 5.32 Å². The van der Waals surface area contributed by atoms with Crippen LogP contribution in [0.25, 0.3) is 10.8 Å². The smallest absolute Gasteiger partial charge is 0.225 e. The standard InChI is InChI=1S/C19H14ClNO/c20-14-6-3-5-13(10-14)17-11-18(22)21-19-15-7-2-1-4-12(15)8-9-16(17)19/h1-10,17H,11H2,(H,21,22)/t17-/m1/s1. The summed E-state index contributed by atoms with van der Waals surface area (Å²) >= 11 is 6.12. The molecule has 0 aromatic heterocycles. The van der Waals surface area contributed by atoms with Crippen LogP contribution in [0.2, 0.25) is 5.02 Å². The highest BCUT2D eigenvalue weighted by molar-refractivity contribution is 6.30. The second-order valence-corrected chi connectivity index (χ2v) is 6.05. The summed E-state index contributed by atoms with van der Waals surface area (Å²) < 4.78 is 0. The van der Waals surface area contributed by atoms with Crippen molar-refractivity contribution in [3.8, 4) is 0 Å². The second-order valence-electron chi connectivity index (χ2n) is 5.61. The minimum Gasteiger partial charge on any atom is -0.325 e. The molecule has 0 unspecified atom stereocenters. The molecule has 3 aromatic rings. The van der Waals surface area contributed by atoms with E-state index in [9.17, 15) is 4.79 Å². The van der Waals surface area contributed by atoms with Crippen molar-refractivity contribution in [2.24, 2.45) is 0 Å². The van der Waals surface area contributed by atoms with Gasteiger partial charge in [0.1, 0.15) is 0 Å². The molecule has 0 radical (unpaired) electrons. The molecule has 1 aliphatic rings. The predicted molar refractivity (Wildman–Crippen MR) is 90.5 cm³/mol. The summed E-state index contributed by atoms with van der Waals surface area (Å²) in [4.78, 5) is 12.2. The average molecular weight is 308 g/mol. The number of hydrogen-bond acceptors (Lipinski definition) is 1. The van der Waals surface area contributed by atoms with Gasteiger partial charge in [-0.2, -0.15) is 0 Å². The number of rotatable bonds is 1. The van der Waals surface area contributed by atoms with Gasteiger partial charge in [0.15, 0.2) is 0 Å². The highest BCUT2D eigenvalue weighted by Crippen LogP contribution is 2.41. The van der Waals surface area contributed by atoms with Crippen molar-refractivity contribution in [1.82, 2.24) is 0 Å². The first-order valence-electron chi connectivity index (χ1n) is 7.29. The molecule has 4 rings (SSSR count). The number of amides is 1. The molecule has 3 aromatic carbocycles. The Morgan fingerprint density at radius 1 is 1.00 bits per heavy atom. The maximum absolute atomic E-state index is 12.2. The first kappa shape index (κ1) is 13.4. The molecule has 1 aliphatic heterocycles. The summed E-state index contributed by atoms with van der Waals surface area (Å²) in [5, 5.41) is 5.96. The van der Waals surface area contributed by atoms with E-state index < -0.39 is 0 Å². The van der Waals surface area contributed by atoms with Crippen LogP contribution >= 0.6 is 11.6 Å². The van der Waals surface area contributed by atoms with Crippen molar-refractivity contribution < 1.29 is 4.79 Å². The van der Waals surface area contributed by atoms with Gasteiger partial charge in [-0.1, -0.05) is 60.1 Å². The molecular weight excluding hydrogens is 294 g/mol. The number of carbonyl (C=O) groups excluding carboxylic acids is 1. The predicted octanol–water partition coefficient (Wildman–Crippen LogP) is 4.97. The molecule has 0 saturated carbocycles. The fraction of sp³-hybridized carbons (Fsp3) is 0.105. The number of benzene rings is 3. The number of nitrogens with one attached hydrogen (secondary N) is 1. The van der Waals surface area contributed by atoms with E-state index in [-0.39, 0.29) is 11.8 Å². The largest absolute Gasteiger partial charge is 0.325 e. The summed E-state index contributed by atoms with van der Waals surface area (Å²) in [6.45, 7) is 0. The molecule has 0 spiro atoms. The normalized spacial score (nSPS) is 17.1. The van der Waals surface area contributed by atoms with Crippen LogP contribution in [-0.2, 0) is 4.79 Å². The highest BCUT2D eigenvalue weighted by Gasteiger charge is 2.27. The zero-order chi connectivity index (χ0) is 15.1. The SMILES string of the molecule is O=C1C[C@H](c2cccc(Cl)c2)c2ccc3ccccc3c2N1. The highest BCUT2D eigenvalue weighted by atomic mass is 35.5. The fourth-order valence-corrected chi connectivity index (χ4v) is 3.42. The summed E-state index contributed by atoms with van der Waals surface area (Å²) in [6, 6.07) is 20.1. The molecule has 1 heterocycles. The molecule has 22 heavy (non-hydrogen) atoms. The lowest BCUT2D eigenvalue weighted by molar-refractivity contribution is -0.116. The summed E-state index contributed by atoms with van der Waals surface area (Å²) in [5.41, 5.74) is 3.17. The van der Waals surface area contributed by atoms with E-state index >= 15 is 0 Å². The first-order chi connectivity index (χ1) is 10.7. The molecule has 1 amide bonds. The number of halogens is 1. The van der Waals surface area contributed by atoms with Crippen LogP contribution in [0.15, 0.2) is 60.7 Å². The van der Waals surface area contributed by atoms with E-state index in [0.717, 1.165) is 27.6 Å². The van der Waals surface area contributed by atoms with Gasteiger partial charge in [-0.15, -0.1) is 0 Å². The fourth-order valence-electron chi connectivity index (χ4n) is 3.22. The summed E-state index contributed by atoms with van der Waals surface area (Å²) in [6.07, 6.45) is 0.450. The Labute approximate surface area is 133 Å². The molecule has 3 heteroatoms. The lowest BCUT2D eigenvalue weighted by atomic mass is 9.83. The molecule has 1 N–H and O–H groups in total. The molecular formula is C19H14ClNO. The van der Waals surface area contributed by atoms with Crippen LogP contribution in [0, 0.1) is 0 Å². The van der Waals surface area contributed by atoms with Crippen LogP contribution in [0.4, 0.5) is 5.69 Å². The third-order valence-electron chi connectivity index (χ3n) is 4.24. The van der Waals surface area contributed by atoms with Crippen molar-refractivity contribution in [2.45, 2.75) is 12.3 Å². The molecule has 0 bridgehead atoms. The molecule has 2 nitrogen and oxygen atoms in total. The third kappa shape index (κ3) is 2.16. The Morgan fingerprint density at radius 2 is 1.86 bits per heavy atom. The van der Waals surface area contributed by atoms with Gasteiger partial charge in [0.05, 0.1) is 5.69 Å². The number of anilines is 1. The van der Waals surface area contributed by atoms with Gasteiger partial charge < -0.3 is 5.32 Å². The first-order valence-corrected chi connectivity index (χ1v) is 7.67. The zero-order valence-corrected chi connectivity index (χ0v) is 12.6. The topological polar surface area (TPSA) is 29.1 Å². The number of fused-ring (bicyclic) bond motifs is 3. The number of hydrogen-bond donors (Lipinski definition) is 1. The maximum atomic E-state index is 12.2. The average Bonchev–Trinajstić information content (AvgIpc) is 2.54.